The summed E-state index contributed by atoms with van der Waals surface area (Å²) in [6.07, 6.45) is 4.49. The summed E-state index contributed by atoms with van der Waals surface area (Å²) in [7, 11) is -3.39. The molecule has 6 heteroatoms. The number of nitrogens with zero attached hydrogens (tertiary/aromatic N) is 2. The van der Waals surface area contributed by atoms with Crippen molar-refractivity contribution in [3.05, 3.63) is 29.8 Å². The number of anilines is 1. The van der Waals surface area contributed by atoms with E-state index in [9.17, 15) is 8.42 Å². The Bertz CT molecular complexity index is 626. The molecule has 0 amide bonds. The summed E-state index contributed by atoms with van der Waals surface area (Å²) in [5, 5.41) is 0. The predicted octanol–water partition coefficient (Wildman–Crippen LogP) is 2.35. The van der Waals surface area contributed by atoms with E-state index in [1.165, 1.54) is 18.5 Å². The molecule has 2 aliphatic rings. The summed E-state index contributed by atoms with van der Waals surface area (Å²) in [4.78, 5) is 2.35. The van der Waals surface area contributed by atoms with E-state index in [0.29, 0.717) is 25.6 Å². The van der Waals surface area contributed by atoms with Crippen LogP contribution in [0.25, 0.3) is 0 Å². The van der Waals surface area contributed by atoms with Crippen molar-refractivity contribution < 1.29 is 8.42 Å². The first kappa shape index (κ1) is 16.7. The summed E-state index contributed by atoms with van der Waals surface area (Å²) in [6, 6.07) is 8.12. The molecule has 0 spiro atoms. The Kier molecular flexibility index (Phi) is 5.24. The van der Waals surface area contributed by atoms with Crippen LogP contribution in [0.15, 0.2) is 24.3 Å². The molecule has 1 aromatic carbocycles. The van der Waals surface area contributed by atoms with E-state index in [1.54, 1.807) is 4.31 Å². The van der Waals surface area contributed by atoms with E-state index in [0.717, 1.165) is 31.5 Å². The van der Waals surface area contributed by atoms with Gasteiger partial charge in [0.15, 0.2) is 0 Å². The van der Waals surface area contributed by atoms with Crippen LogP contribution < -0.4 is 9.62 Å². The lowest BCUT2D eigenvalue weighted by atomic mass is 10.0. The fourth-order valence-corrected chi connectivity index (χ4v) is 4.89. The second-order valence-corrected chi connectivity index (χ2v) is 8.51. The van der Waals surface area contributed by atoms with Crippen molar-refractivity contribution in [2.45, 2.75) is 39.2 Å². The van der Waals surface area contributed by atoms with Crippen molar-refractivity contribution in [2.24, 2.45) is 5.92 Å². The second kappa shape index (κ2) is 7.20. The Morgan fingerprint density at radius 3 is 2.61 bits per heavy atom. The Morgan fingerprint density at radius 2 is 1.87 bits per heavy atom. The van der Waals surface area contributed by atoms with Crippen LogP contribution in [-0.4, -0.2) is 38.9 Å². The molecule has 2 heterocycles. The molecule has 23 heavy (non-hydrogen) atoms. The summed E-state index contributed by atoms with van der Waals surface area (Å²) in [5.74, 6) is 0.442. The smallest absolute Gasteiger partial charge is 0.279 e. The zero-order valence-corrected chi connectivity index (χ0v) is 14.7. The van der Waals surface area contributed by atoms with Crippen LogP contribution in [0.2, 0.25) is 0 Å². The standard InChI is InChI=1S/C17H27N3O2S/c1-15-7-6-12-20(14-15)23(21,22)18-13-16-8-2-3-9-17(16)19-10-4-5-11-19/h2-3,8-9,15,18H,4-7,10-14H2,1H3/t15-/m1/s1. The van der Waals surface area contributed by atoms with Crippen molar-refractivity contribution in [2.75, 3.05) is 31.1 Å². The molecule has 1 aromatic rings. The number of hydrogen-bond acceptors (Lipinski definition) is 3. The van der Waals surface area contributed by atoms with Crippen molar-refractivity contribution in [3.63, 3.8) is 0 Å². The van der Waals surface area contributed by atoms with Crippen LogP contribution in [0.3, 0.4) is 0 Å². The van der Waals surface area contributed by atoms with Crippen LogP contribution in [0.1, 0.15) is 38.2 Å². The van der Waals surface area contributed by atoms with Gasteiger partial charge in [0.1, 0.15) is 0 Å². The molecule has 2 aliphatic heterocycles. The minimum atomic E-state index is -3.39. The number of nitrogens with one attached hydrogen (secondary N) is 1. The molecular formula is C17H27N3O2S. The molecule has 0 radical (unpaired) electrons. The normalized spacial score (nSPS) is 23.3. The largest absolute Gasteiger partial charge is 0.371 e. The van der Waals surface area contributed by atoms with Gasteiger partial charge in [0.2, 0.25) is 0 Å². The van der Waals surface area contributed by atoms with Crippen molar-refractivity contribution >= 4 is 15.9 Å². The average Bonchev–Trinajstić information content (AvgIpc) is 3.08. The number of para-hydroxylation sites is 1. The van der Waals surface area contributed by atoms with Gasteiger partial charge in [0.05, 0.1) is 0 Å². The molecule has 5 nitrogen and oxygen atoms in total. The molecule has 1 N–H and O–H groups in total. The summed E-state index contributed by atoms with van der Waals surface area (Å²) >= 11 is 0. The summed E-state index contributed by atoms with van der Waals surface area (Å²) < 4.78 is 29.5. The van der Waals surface area contributed by atoms with Crippen LogP contribution in [0.4, 0.5) is 5.69 Å². The first-order chi connectivity index (χ1) is 11.1. The van der Waals surface area contributed by atoms with Crippen molar-refractivity contribution in [3.8, 4) is 0 Å². The van der Waals surface area contributed by atoms with Gasteiger partial charge in [-0.15, -0.1) is 0 Å². The zero-order chi connectivity index (χ0) is 16.3. The highest BCUT2D eigenvalue weighted by Crippen LogP contribution is 2.25. The third-order valence-corrected chi connectivity index (χ3v) is 6.36. The molecule has 0 saturated carbocycles. The minimum absolute atomic E-state index is 0.361. The first-order valence-corrected chi connectivity index (χ1v) is 10.1. The topological polar surface area (TPSA) is 52.7 Å². The lowest BCUT2D eigenvalue weighted by Gasteiger charge is -2.30. The SMILES string of the molecule is C[C@@H]1CCCN(S(=O)(=O)NCc2ccccc2N2CCCC2)C1. The van der Waals surface area contributed by atoms with Gasteiger partial charge in [-0.05, 0) is 43.2 Å². The maximum absolute atomic E-state index is 12.5. The minimum Gasteiger partial charge on any atom is -0.371 e. The predicted molar refractivity (Wildman–Crippen MR) is 93.6 cm³/mol. The highest BCUT2D eigenvalue weighted by molar-refractivity contribution is 7.87. The Morgan fingerprint density at radius 1 is 1.13 bits per heavy atom. The maximum atomic E-state index is 12.5. The lowest BCUT2D eigenvalue weighted by molar-refractivity contribution is 0.278. The van der Waals surface area contributed by atoms with Gasteiger partial charge in [0.25, 0.3) is 10.2 Å². The number of piperidine rings is 1. The zero-order valence-electron chi connectivity index (χ0n) is 13.9. The van der Waals surface area contributed by atoms with Crippen LogP contribution in [0, 0.1) is 5.92 Å². The van der Waals surface area contributed by atoms with E-state index >= 15 is 0 Å². The maximum Gasteiger partial charge on any atom is 0.279 e. The lowest BCUT2D eigenvalue weighted by Crippen LogP contribution is -2.45. The molecule has 0 unspecified atom stereocenters. The third kappa shape index (κ3) is 4.05. The van der Waals surface area contributed by atoms with Gasteiger partial charge in [0, 0.05) is 38.4 Å². The van der Waals surface area contributed by atoms with E-state index in [4.69, 9.17) is 0 Å². The molecule has 1 atom stereocenters. The fourth-order valence-electron chi connectivity index (χ4n) is 3.55. The van der Waals surface area contributed by atoms with Gasteiger partial charge in [-0.1, -0.05) is 25.1 Å². The van der Waals surface area contributed by atoms with E-state index in [2.05, 4.69) is 22.6 Å². The molecule has 0 bridgehead atoms. The molecule has 0 aromatic heterocycles. The van der Waals surface area contributed by atoms with Gasteiger partial charge in [-0.2, -0.15) is 17.4 Å². The van der Waals surface area contributed by atoms with Crippen molar-refractivity contribution in [1.82, 2.24) is 9.03 Å². The van der Waals surface area contributed by atoms with Crippen LogP contribution in [-0.2, 0) is 16.8 Å². The van der Waals surface area contributed by atoms with Gasteiger partial charge in [-0.25, -0.2) is 0 Å². The summed E-state index contributed by atoms with van der Waals surface area (Å²) in [5.41, 5.74) is 2.22. The number of hydrogen-bond donors (Lipinski definition) is 1. The average molecular weight is 337 g/mol. The highest BCUT2D eigenvalue weighted by atomic mass is 32.2. The Hall–Kier alpha value is -1.11. The van der Waals surface area contributed by atoms with Crippen LogP contribution in [0.5, 0.6) is 0 Å². The van der Waals surface area contributed by atoms with E-state index in [1.807, 2.05) is 18.2 Å². The first-order valence-electron chi connectivity index (χ1n) is 8.64. The molecular weight excluding hydrogens is 310 g/mol. The Balaban J connectivity index is 1.68. The van der Waals surface area contributed by atoms with Crippen LogP contribution >= 0.6 is 0 Å². The second-order valence-electron chi connectivity index (χ2n) is 6.75. The van der Waals surface area contributed by atoms with Gasteiger partial charge >= 0.3 is 0 Å². The van der Waals surface area contributed by atoms with Crippen molar-refractivity contribution in [1.29, 1.82) is 0 Å². The van der Waals surface area contributed by atoms with Gasteiger partial charge < -0.3 is 4.90 Å². The number of benzene rings is 1. The van der Waals surface area contributed by atoms with Gasteiger partial charge in [-0.3, -0.25) is 0 Å². The molecule has 3 rings (SSSR count). The highest BCUT2D eigenvalue weighted by Gasteiger charge is 2.27. The quantitative estimate of drug-likeness (QED) is 0.897. The Labute approximate surface area is 139 Å². The van der Waals surface area contributed by atoms with E-state index < -0.39 is 10.2 Å². The molecule has 128 valence electrons. The number of rotatable bonds is 5. The van der Waals surface area contributed by atoms with E-state index in [-0.39, 0.29) is 0 Å². The monoisotopic (exact) mass is 337 g/mol. The fraction of sp³-hybridized carbons (Fsp3) is 0.647. The molecule has 2 fully saturated rings. The third-order valence-electron chi connectivity index (χ3n) is 4.84. The molecule has 0 aliphatic carbocycles. The summed E-state index contributed by atoms with van der Waals surface area (Å²) in [6.45, 7) is 5.86. The molecule has 2 saturated heterocycles.